The molecule has 16 heavy (non-hydrogen) atoms. The molecule has 1 aliphatic rings. The van der Waals surface area contributed by atoms with Crippen LogP contribution in [-0.4, -0.2) is 0 Å². The second kappa shape index (κ2) is 3.97. The minimum Gasteiger partial charge on any atom is -0.0836 e. The molecule has 0 bridgehead atoms. The Kier molecular flexibility index (Phi) is 2.34. The fraction of sp³-hybridized carbons (Fsp3) is 0.125. The van der Waals surface area contributed by atoms with Gasteiger partial charge in [-0.1, -0.05) is 66.8 Å². The Labute approximate surface area is 95.9 Å². The van der Waals surface area contributed by atoms with Gasteiger partial charge in [-0.3, -0.25) is 0 Å². The molecule has 0 fully saturated rings. The highest BCUT2D eigenvalue weighted by atomic mass is 14.1. The van der Waals surface area contributed by atoms with Crippen molar-refractivity contribution in [1.29, 1.82) is 0 Å². The van der Waals surface area contributed by atoms with Crippen molar-refractivity contribution < 1.29 is 0 Å². The number of rotatable bonds is 1. The zero-order valence-corrected chi connectivity index (χ0v) is 9.14. The lowest BCUT2D eigenvalue weighted by molar-refractivity contribution is 0.862. The van der Waals surface area contributed by atoms with Crippen LogP contribution in [0.1, 0.15) is 17.9 Å². The van der Waals surface area contributed by atoms with E-state index < -0.39 is 0 Å². The predicted molar refractivity (Wildman–Crippen MR) is 69.6 cm³/mol. The first kappa shape index (κ1) is 9.41. The average Bonchev–Trinajstić information content (AvgIpc) is 2.39. The van der Waals surface area contributed by atoms with Crippen molar-refractivity contribution in [2.75, 3.05) is 0 Å². The number of benzene rings is 2. The molecule has 0 spiro atoms. The van der Waals surface area contributed by atoms with Gasteiger partial charge in [0, 0.05) is 5.92 Å². The van der Waals surface area contributed by atoms with E-state index in [2.05, 4.69) is 66.8 Å². The van der Waals surface area contributed by atoms with Gasteiger partial charge in [0.05, 0.1) is 0 Å². The van der Waals surface area contributed by atoms with Crippen molar-refractivity contribution in [3.05, 3.63) is 72.3 Å². The second-order valence-corrected chi connectivity index (χ2v) is 4.22. The van der Waals surface area contributed by atoms with Crippen LogP contribution in [0.4, 0.5) is 0 Å². The maximum absolute atomic E-state index is 2.29. The number of fused-ring (bicyclic) bond motifs is 1. The van der Waals surface area contributed by atoms with Gasteiger partial charge in [-0.2, -0.15) is 0 Å². The summed E-state index contributed by atoms with van der Waals surface area (Å²) in [6, 6.07) is 15.2. The summed E-state index contributed by atoms with van der Waals surface area (Å²) in [5.74, 6) is 0.538. The van der Waals surface area contributed by atoms with Crippen molar-refractivity contribution >= 4 is 10.8 Å². The molecule has 3 rings (SSSR count). The lowest BCUT2D eigenvalue weighted by Gasteiger charge is -2.15. The highest BCUT2D eigenvalue weighted by Gasteiger charge is 2.10. The zero-order chi connectivity index (χ0) is 10.8. The smallest absolute Gasteiger partial charge is 0.00618 e. The van der Waals surface area contributed by atoms with Crippen molar-refractivity contribution in [1.82, 2.24) is 0 Å². The maximum atomic E-state index is 2.29. The number of hydrogen-bond donors (Lipinski definition) is 0. The van der Waals surface area contributed by atoms with Crippen molar-refractivity contribution in [2.24, 2.45) is 0 Å². The van der Waals surface area contributed by atoms with Gasteiger partial charge < -0.3 is 0 Å². The van der Waals surface area contributed by atoms with Crippen LogP contribution in [0, 0.1) is 0 Å². The first-order valence-electron chi connectivity index (χ1n) is 5.76. The molecule has 0 unspecified atom stereocenters. The second-order valence-electron chi connectivity index (χ2n) is 4.22. The van der Waals surface area contributed by atoms with E-state index in [-0.39, 0.29) is 0 Å². The Morgan fingerprint density at radius 1 is 0.875 bits per heavy atom. The average molecular weight is 206 g/mol. The minimum atomic E-state index is 0.538. The summed E-state index contributed by atoms with van der Waals surface area (Å²) >= 11 is 0. The molecule has 0 N–H and O–H groups in total. The molecule has 0 heterocycles. The van der Waals surface area contributed by atoms with Crippen LogP contribution in [-0.2, 0) is 0 Å². The van der Waals surface area contributed by atoms with Crippen molar-refractivity contribution in [3.8, 4) is 0 Å². The summed E-state index contributed by atoms with van der Waals surface area (Å²) in [6.07, 6.45) is 9.93. The Morgan fingerprint density at radius 3 is 2.62 bits per heavy atom. The van der Waals surface area contributed by atoms with E-state index in [1.54, 1.807) is 0 Å². The fourth-order valence-electron chi connectivity index (χ4n) is 2.39. The van der Waals surface area contributed by atoms with E-state index >= 15 is 0 Å². The Hall–Kier alpha value is -1.82. The summed E-state index contributed by atoms with van der Waals surface area (Å²) in [5, 5.41) is 2.72. The monoisotopic (exact) mass is 206 g/mol. The molecule has 0 saturated carbocycles. The largest absolute Gasteiger partial charge is 0.0836 e. The van der Waals surface area contributed by atoms with Crippen LogP contribution >= 0.6 is 0 Å². The zero-order valence-electron chi connectivity index (χ0n) is 9.14. The van der Waals surface area contributed by atoms with Gasteiger partial charge in [0.1, 0.15) is 0 Å². The van der Waals surface area contributed by atoms with Crippen LogP contribution in [0.5, 0.6) is 0 Å². The highest BCUT2D eigenvalue weighted by Crippen LogP contribution is 2.30. The van der Waals surface area contributed by atoms with Crippen LogP contribution in [0.15, 0.2) is 66.8 Å². The molecule has 0 nitrogen and oxygen atoms in total. The number of hydrogen-bond acceptors (Lipinski definition) is 0. The summed E-state index contributed by atoms with van der Waals surface area (Å²) in [5.41, 5.74) is 1.44. The van der Waals surface area contributed by atoms with Crippen LogP contribution in [0.3, 0.4) is 0 Å². The molecule has 0 heteroatoms. The number of allylic oxidation sites excluding steroid dienone is 4. The third kappa shape index (κ3) is 1.57. The van der Waals surface area contributed by atoms with Crippen LogP contribution in [0.25, 0.3) is 10.8 Å². The molecule has 2 aromatic carbocycles. The Morgan fingerprint density at radius 2 is 1.75 bits per heavy atom. The van der Waals surface area contributed by atoms with Crippen molar-refractivity contribution in [2.45, 2.75) is 12.3 Å². The van der Waals surface area contributed by atoms with E-state index in [1.165, 1.54) is 16.3 Å². The van der Waals surface area contributed by atoms with E-state index in [0.717, 1.165) is 6.42 Å². The van der Waals surface area contributed by atoms with Gasteiger partial charge in [0.25, 0.3) is 0 Å². The van der Waals surface area contributed by atoms with Crippen molar-refractivity contribution in [3.63, 3.8) is 0 Å². The summed E-state index contributed by atoms with van der Waals surface area (Å²) in [7, 11) is 0. The lowest BCUT2D eigenvalue weighted by atomic mass is 9.89. The third-order valence-electron chi connectivity index (χ3n) is 3.20. The summed E-state index contributed by atoms with van der Waals surface area (Å²) in [4.78, 5) is 0. The van der Waals surface area contributed by atoms with E-state index in [0.29, 0.717) is 5.92 Å². The molecular weight excluding hydrogens is 192 g/mol. The molecule has 0 saturated heterocycles. The van der Waals surface area contributed by atoms with E-state index in [1.807, 2.05) is 0 Å². The molecular formula is C16H14. The first-order chi connectivity index (χ1) is 7.95. The molecule has 0 amide bonds. The van der Waals surface area contributed by atoms with Gasteiger partial charge in [0.2, 0.25) is 0 Å². The SMILES string of the molecule is C1=CC[C@@H](c2cccc3ccccc23)C=C1. The normalized spacial score (nSPS) is 19.1. The van der Waals surface area contributed by atoms with Gasteiger partial charge in [0.15, 0.2) is 0 Å². The van der Waals surface area contributed by atoms with Gasteiger partial charge >= 0.3 is 0 Å². The van der Waals surface area contributed by atoms with Gasteiger partial charge in [-0.15, -0.1) is 0 Å². The Bertz CT molecular complexity index is 556. The Balaban J connectivity index is 2.16. The molecule has 2 aromatic rings. The molecule has 1 aliphatic carbocycles. The minimum absolute atomic E-state index is 0.538. The standard InChI is InChI=1S/C16H14/c1-2-7-13(8-3-1)16-12-6-10-14-9-4-5-11-15(14)16/h1-7,9-13H,8H2/t13-/m0/s1. The molecule has 0 radical (unpaired) electrons. The van der Waals surface area contributed by atoms with Crippen LogP contribution in [0.2, 0.25) is 0 Å². The van der Waals surface area contributed by atoms with Crippen LogP contribution < -0.4 is 0 Å². The van der Waals surface area contributed by atoms with E-state index in [4.69, 9.17) is 0 Å². The van der Waals surface area contributed by atoms with Gasteiger partial charge in [-0.05, 0) is 22.8 Å². The molecule has 0 aliphatic heterocycles. The topological polar surface area (TPSA) is 0 Å². The molecule has 78 valence electrons. The lowest BCUT2D eigenvalue weighted by Crippen LogP contribution is -1.97. The summed E-state index contributed by atoms with van der Waals surface area (Å²) < 4.78 is 0. The molecule has 0 aromatic heterocycles. The summed E-state index contributed by atoms with van der Waals surface area (Å²) in [6.45, 7) is 0. The molecule has 1 atom stereocenters. The first-order valence-corrected chi connectivity index (χ1v) is 5.76. The predicted octanol–water partition coefficient (Wildman–Crippen LogP) is 4.44. The van der Waals surface area contributed by atoms with Gasteiger partial charge in [-0.25, -0.2) is 0 Å². The fourth-order valence-corrected chi connectivity index (χ4v) is 2.39. The quantitative estimate of drug-likeness (QED) is 0.647. The highest BCUT2D eigenvalue weighted by molar-refractivity contribution is 5.86. The van der Waals surface area contributed by atoms with E-state index in [9.17, 15) is 0 Å². The third-order valence-corrected chi connectivity index (χ3v) is 3.20. The maximum Gasteiger partial charge on any atom is 0.00618 e.